The van der Waals surface area contributed by atoms with Gasteiger partial charge in [0.2, 0.25) is 0 Å². The molecule has 0 spiro atoms. The molecule has 14 heavy (non-hydrogen) atoms. The molecule has 0 bridgehead atoms. The summed E-state index contributed by atoms with van der Waals surface area (Å²) in [6.45, 7) is 2.46. The van der Waals surface area contributed by atoms with Gasteiger partial charge in [0.1, 0.15) is 7.11 Å². The highest BCUT2D eigenvalue weighted by molar-refractivity contribution is 7.09. The molecule has 0 heterocycles. The van der Waals surface area contributed by atoms with Gasteiger partial charge in [-0.2, -0.15) is 0 Å². The quantitative estimate of drug-likeness (QED) is 0.435. The maximum absolute atomic E-state index is 5.02. The summed E-state index contributed by atoms with van der Waals surface area (Å²) in [7, 11) is 3.78. The molecule has 0 saturated heterocycles. The van der Waals surface area contributed by atoms with Crippen molar-refractivity contribution in [1.29, 1.82) is 0 Å². The van der Waals surface area contributed by atoms with Gasteiger partial charge < -0.3 is 9.36 Å². The number of benzene rings is 1. The van der Waals surface area contributed by atoms with E-state index in [0.717, 1.165) is 16.8 Å². The first-order chi connectivity index (χ1) is 6.79. The van der Waals surface area contributed by atoms with Crippen molar-refractivity contribution < 1.29 is 9.36 Å². The molecule has 1 unspecified atom stereocenters. The van der Waals surface area contributed by atoms with E-state index in [0.29, 0.717) is 6.61 Å². The molecule has 0 aliphatic heterocycles. The van der Waals surface area contributed by atoms with Crippen molar-refractivity contribution in [1.82, 2.24) is 0 Å². The first kappa shape index (κ1) is 11.2. The van der Waals surface area contributed by atoms with Crippen molar-refractivity contribution >= 4 is 15.2 Å². The molecule has 0 radical (unpaired) electrons. The molecular formula is C10H14NO2P. The lowest BCUT2D eigenvalue weighted by Crippen LogP contribution is -2.01. The summed E-state index contributed by atoms with van der Waals surface area (Å²) in [5.41, 5.74) is 3.00. The van der Waals surface area contributed by atoms with E-state index < -0.39 is 0 Å². The van der Waals surface area contributed by atoms with E-state index in [2.05, 4.69) is 14.6 Å². The predicted molar refractivity (Wildman–Crippen MR) is 60.2 cm³/mol. The fourth-order valence-electron chi connectivity index (χ4n) is 1.28. The Hall–Kier alpha value is -0.920. The van der Waals surface area contributed by atoms with Crippen LogP contribution in [0.3, 0.4) is 0 Å². The minimum absolute atomic E-state index is 0.553. The van der Waals surface area contributed by atoms with Crippen molar-refractivity contribution in [2.75, 3.05) is 7.11 Å². The first-order valence-corrected chi connectivity index (χ1v) is 4.74. The number of oxime groups is 1. The molecule has 0 fully saturated rings. The average molecular weight is 211 g/mol. The highest BCUT2D eigenvalue weighted by Crippen LogP contribution is 2.12. The van der Waals surface area contributed by atoms with Crippen LogP contribution in [0.2, 0.25) is 0 Å². The van der Waals surface area contributed by atoms with Gasteiger partial charge in [0.05, 0.1) is 12.3 Å². The van der Waals surface area contributed by atoms with Crippen LogP contribution in [0.15, 0.2) is 29.4 Å². The number of hydrogen-bond donors (Lipinski definition) is 0. The zero-order valence-electron chi connectivity index (χ0n) is 8.36. The smallest absolute Gasteiger partial charge is 0.106 e. The molecule has 1 aromatic carbocycles. The summed E-state index contributed by atoms with van der Waals surface area (Å²) >= 11 is 0. The second-order valence-corrected chi connectivity index (χ2v) is 3.16. The lowest BCUT2D eigenvalue weighted by atomic mass is 10.0. The summed E-state index contributed by atoms with van der Waals surface area (Å²) in [6, 6.07) is 7.95. The van der Waals surface area contributed by atoms with Gasteiger partial charge in [-0.1, -0.05) is 29.4 Å². The van der Waals surface area contributed by atoms with Crippen molar-refractivity contribution in [3.8, 4) is 0 Å². The highest BCUT2D eigenvalue weighted by atomic mass is 31.0. The van der Waals surface area contributed by atoms with Gasteiger partial charge in [0.25, 0.3) is 0 Å². The van der Waals surface area contributed by atoms with E-state index in [-0.39, 0.29) is 0 Å². The molecule has 0 aliphatic carbocycles. The Kier molecular flexibility index (Phi) is 4.57. The van der Waals surface area contributed by atoms with Crippen LogP contribution in [-0.2, 0) is 16.0 Å². The van der Waals surface area contributed by atoms with Crippen molar-refractivity contribution in [2.45, 2.75) is 13.5 Å². The second kappa shape index (κ2) is 5.74. The Labute approximate surface area is 86.4 Å². The minimum atomic E-state index is 0.553. The third kappa shape index (κ3) is 2.79. The van der Waals surface area contributed by atoms with Crippen LogP contribution >= 0.6 is 9.47 Å². The SMILES string of the molecule is CO/N=C(\C)c1ccccc1COP. The molecule has 4 heteroatoms. The van der Waals surface area contributed by atoms with Gasteiger partial charge in [-0.05, 0) is 12.5 Å². The fraction of sp³-hybridized carbons (Fsp3) is 0.300. The van der Waals surface area contributed by atoms with Gasteiger partial charge in [-0.15, -0.1) is 0 Å². The normalized spacial score (nSPS) is 11.5. The van der Waals surface area contributed by atoms with Crippen molar-refractivity contribution in [3.63, 3.8) is 0 Å². The predicted octanol–water partition coefficient (Wildman–Crippen LogP) is 2.36. The molecule has 1 aromatic rings. The summed E-state index contributed by atoms with van der Waals surface area (Å²) in [4.78, 5) is 4.73. The average Bonchev–Trinajstić information content (AvgIpc) is 2.19. The number of rotatable bonds is 4. The van der Waals surface area contributed by atoms with Gasteiger partial charge >= 0.3 is 0 Å². The van der Waals surface area contributed by atoms with Crippen molar-refractivity contribution in [2.24, 2.45) is 5.16 Å². The summed E-state index contributed by atoms with van der Waals surface area (Å²) in [5, 5.41) is 3.89. The molecule has 0 saturated carbocycles. The standard InChI is InChI=1S/C10H14NO2P/c1-8(11-12-2)10-6-4-3-5-9(10)7-13-14/h3-6H,7,14H2,1-2H3/b11-8+. The van der Waals surface area contributed by atoms with Gasteiger partial charge in [0, 0.05) is 15.0 Å². The van der Waals surface area contributed by atoms with E-state index >= 15 is 0 Å². The second-order valence-electron chi connectivity index (χ2n) is 2.83. The van der Waals surface area contributed by atoms with Gasteiger partial charge in [-0.3, -0.25) is 0 Å². The van der Waals surface area contributed by atoms with E-state index in [4.69, 9.17) is 9.36 Å². The highest BCUT2D eigenvalue weighted by Gasteiger charge is 2.04. The summed E-state index contributed by atoms with van der Waals surface area (Å²) in [6.07, 6.45) is 0. The molecule has 0 aliphatic rings. The minimum Gasteiger partial charge on any atom is -0.399 e. The Morgan fingerprint density at radius 3 is 2.79 bits per heavy atom. The van der Waals surface area contributed by atoms with E-state index in [1.165, 1.54) is 7.11 Å². The van der Waals surface area contributed by atoms with Gasteiger partial charge in [0.15, 0.2) is 0 Å². The zero-order valence-corrected chi connectivity index (χ0v) is 9.51. The number of hydrogen-bond acceptors (Lipinski definition) is 3. The van der Waals surface area contributed by atoms with Crippen LogP contribution in [0.4, 0.5) is 0 Å². The molecule has 0 N–H and O–H groups in total. The van der Waals surface area contributed by atoms with E-state index in [1.807, 2.05) is 31.2 Å². The van der Waals surface area contributed by atoms with Crippen LogP contribution in [0.1, 0.15) is 18.1 Å². The third-order valence-electron chi connectivity index (χ3n) is 1.87. The molecule has 0 aromatic heterocycles. The fourth-order valence-corrected chi connectivity index (χ4v) is 1.45. The van der Waals surface area contributed by atoms with E-state index in [1.54, 1.807) is 0 Å². The Morgan fingerprint density at radius 1 is 1.43 bits per heavy atom. The first-order valence-electron chi connectivity index (χ1n) is 4.27. The largest absolute Gasteiger partial charge is 0.399 e. The summed E-state index contributed by atoms with van der Waals surface area (Å²) in [5.74, 6) is 0. The lowest BCUT2D eigenvalue weighted by molar-refractivity contribution is 0.213. The molecule has 3 nitrogen and oxygen atoms in total. The lowest BCUT2D eigenvalue weighted by Gasteiger charge is -2.06. The van der Waals surface area contributed by atoms with Crippen LogP contribution in [0.25, 0.3) is 0 Å². The Bertz CT molecular complexity index is 326. The van der Waals surface area contributed by atoms with Crippen molar-refractivity contribution in [3.05, 3.63) is 35.4 Å². The van der Waals surface area contributed by atoms with Crippen LogP contribution in [0, 0.1) is 0 Å². The van der Waals surface area contributed by atoms with Crippen LogP contribution in [0.5, 0.6) is 0 Å². The maximum atomic E-state index is 5.02. The summed E-state index contributed by atoms with van der Waals surface area (Å²) < 4.78 is 5.02. The van der Waals surface area contributed by atoms with E-state index in [9.17, 15) is 0 Å². The molecule has 1 atom stereocenters. The zero-order chi connectivity index (χ0) is 10.4. The van der Waals surface area contributed by atoms with Crippen LogP contribution in [-0.4, -0.2) is 12.8 Å². The maximum Gasteiger partial charge on any atom is 0.106 e. The monoisotopic (exact) mass is 211 g/mol. The third-order valence-corrected chi connectivity index (χ3v) is 2.04. The Balaban J connectivity index is 3.00. The molecule has 1 rings (SSSR count). The topological polar surface area (TPSA) is 30.8 Å². The molecule has 0 amide bonds. The van der Waals surface area contributed by atoms with Crippen LogP contribution < -0.4 is 0 Å². The van der Waals surface area contributed by atoms with Gasteiger partial charge in [-0.25, -0.2) is 0 Å². The number of nitrogens with zero attached hydrogens (tertiary/aromatic N) is 1. The molecular weight excluding hydrogens is 197 g/mol. The Morgan fingerprint density at radius 2 is 2.14 bits per heavy atom. The molecule has 76 valence electrons.